The Labute approximate surface area is 137 Å². The van der Waals surface area contributed by atoms with E-state index < -0.39 is 0 Å². The first-order valence-electron chi connectivity index (χ1n) is 7.89. The molecule has 0 fully saturated rings. The van der Waals surface area contributed by atoms with Crippen LogP contribution in [-0.2, 0) is 4.79 Å². The monoisotopic (exact) mass is 307 g/mol. The van der Waals surface area contributed by atoms with E-state index in [1.54, 1.807) is 0 Å². The lowest BCUT2D eigenvalue weighted by Crippen LogP contribution is -2.22. The number of rotatable bonds is 3. The maximum absolute atomic E-state index is 12.6. The third kappa shape index (κ3) is 3.14. The lowest BCUT2D eigenvalue weighted by molar-refractivity contribution is -0.113. The summed E-state index contributed by atoms with van der Waals surface area (Å²) in [5, 5.41) is 3.07. The molecule has 0 aliphatic carbocycles. The molecule has 23 heavy (non-hydrogen) atoms. The summed E-state index contributed by atoms with van der Waals surface area (Å²) in [4.78, 5) is 12.6. The van der Waals surface area contributed by atoms with Gasteiger partial charge in [-0.15, -0.1) is 0 Å². The van der Waals surface area contributed by atoms with Crippen molar-refractivity contribution in [2.45, 2.75) is 26.7 Å². The highest BCUT2D eigenvalue weighted by molar-refractivity contribution is 6.08. The lowest BCUT2D eigenvalue weighted by atomic mass is 9.98. The number of amides is 1. The third-order valence-corrected chi connectivity index (χ3v) is 4.09. The Hall–Kier alpha value is -2.55. The molecular formula is C20H21NO2. The van der Waals surface area contributed by atoms with E-state index in [0.29, 0.717) is 18.1 Å². The maximum atomic E-state index is 12.6. The highest BCUT2D eigenvalue weighted by atomic mass is 16.5. The second-order valence-corrected chi connectivity index (χ2v) is 6.14. The number of anilines is 1. The van der Waals surface area contributed by atoms with Gasteiger partial charge in [-0.1, -0.05) is 50.2 Å². The van der Waals surface area contributed by atoms with Gasteiger partial charge >= 0.3 is 0 Å². The van der Waals surface area contributed by atoms with Crippen LogP contribution in [0.25, 0.3) is 6.08 Å². The van der Waals surface area contributed by atoms with Gasteiger partial charge in [-0.25, -0.2) is 0 Å². The van der Waals surface area contributed by atoms with Crippen LogP contribution in [0.2, 0.25) is 0 Å². The molecule has 0 saturated heterocycles. The van der Waals surface area contributed by atoms with Gasteiger partial charge in [0, 0.05) is 11.3 Å². The molecule has 118 valence electrons. The number of benzene rings is 2. The van der Waals surface area contributed by atoms with Crippen molar-refractivity contribution in [1.82, 2.24) is 0 Å². The van der Waals surface area contributed by atoms with Crippen LogP contribution < -0.4 is 10.1 Å². The summed E-state index contributed by atoms with van der Waals surface area (Å²) in [6, 6.07) is 13.8. The number of aryl methyl sites for hydroxylation is 1. The molecule has 3 heteroatoms. The fourth-order valence-corrected chi connectivity index (χ4v) is 2.78. The van der Waals surface area contributed by atoms with Crippen molar-refractivity contribution in [3.05, 3.63) is 64.7 Å². The van der Waals surface area contributed by atoms with E-state index in [1.165, 1.54) is 0 Å². The molecule has 3 nitrogen and oxygen atoms in total. The van der Waals surface area contributed by atoms with E-state index in [-0.39, 0.29) is 5.91 Å². The molecule has 0 bridgehead atoms. The van der Waals surface area contributed by atoms with Crippen LogP contribution in [0.5, 0.6) is 5.75 Å². The Bertz CT molecular complexity index is 775. The molecule has 0 unspecified atom stereocenters. The summed E-state index contributed by atoms with van der Waals surface area (Å²) < 4.78 is 5.67. The van der Waals surface area contributed by atoms with Gasteiger partial charge in [0.1, 0.15) is 12.4 Å². The third-order valence-electron chi connectivity index (χ3n) is 4.09. The zero-order valence-electron chi connectivity index (χ0n) is 13.7. The van der Waals surface area contributed by atoms with Crippen molar-refractivity contribution >= 4 is 17.7 Å². The van der Waals surface area contributed by atoms with Crippen LogP contribution in [-0.4, -0.2) is 12.5 Å². The molecule has 0 atom stereocenters. The smallest absolute Gasteiger partial charge is 0.255 e. The van der Waals surface area contributed by atoms with Crippen molar-refractivity contribution < 1.29 is 9.53 Å². The van der Waals surface area contributed by atoms with Gasteiger partial charge in [-0.05, 0) is 36.1 Å². The van der Waals surface area contributed by atoms with Crippen LogP contribution >= 0.6 is 0 Å². The van der Waals surface area contributed by atoms with Crippen molar-refractivity contribution in [2.24, 2.45) is 0 Å². The van der Waals surface area contributed by atoms with E-state index in [9.17, 15) is 4.79 Å². The second kappa shape index (κ2) is 6.29. The molecule has 2 aromatic rings. The first-order valence-corrected chi connectivity index (χ1v) is 7.89. The minimum atomic E-state index is -0.101. The Morgan fingerprint density at radius 2 is 1.91 bits per heavy atom. The second-order valence-electron chi connectivity index (χ2n) is 6.14. The topological polar surface area (TPSA) is 38.3 Å². The fourth-order valence-electron chi connectivity index (χ4n) is 2.78. The molecule has 1 N–H and O–H groups in total. The molecule has 1 aliphatic heterocycles. The van der Waals surface area contributed by atoms with Crippen molar-refractivity contribution in [1.29, 1.82) is 0 Å². The van der Waals surface area contributed by atoms with E-state index in [1.807, 2.05) is 49.4 Å². The SMILES string of the molecule is Cc1cccc(C(C)C)c1NC(=O)C1=Cc2ccccc2OC1. The summed E-state index contributed by atoms with van der Waals surface area (Å²) in [6.07, 6.45) is 1.90. The predicted molar refractivity (Wildman–Crippen MR) is 93.8 cm³/mol. The molecule has 0 spiro atoms. The molecule has 3 rings (SSSR count). The van der Waals surface area contributed by atoms with E-state index in [4.69, 9.17) is 4.74 Å². The van der Waals surface area contributed by atoms with E-state index in [0.717, 1.165) is 28.1 Å². The number of carbonyl (C=O) groups excluding carboxylic acids is 1. The molecule has 0 aromatic heterocycles. The summed E-state index contributed by atoms with van der Waals surface area (Å²) in [5.41, 5.74) is 4.71. The largest absolute Gasteiger partial charge is 0.488 e. The molecule has 1 amide bonds. The standard InChI is InChI=1S/C20H21NO2/c1-13(2)17-9-6-7-14(3)19(17)21-20(22)16-11-15-8-4-5-10-18(15)23-12-16/h4-11,13H,12H2,1-3H3,(H,21,22). The number of fused-ring (bicyclic) bond motifs is 1. The van der Waals surface area contributed by atoms with Gasteiger partial charge in [0.05, 0.1) is 5.57 Å². The maximum Gasteiger partial charge on any atom is 0.255 e. The number of hydrogen-bond acceptors (Lipinski definition) is 2. The van der Waals surface area contributed by atoms with Crippen molar-refractivity contribution in [3.8, 4) is 5.75 Å². The number of hydrogen-bond donors (Lipinski definition) is 1. The van der Waals surface area contributed by atoms with Crippen LogP contribution in [0.3, 0.4) is 0 Å². The molecule has 2 aromatic carbocycles. The van der Waals surface area contributed by atoms with Gasteiger partial charge in [-0.2, -0.15) is 0 Å². The van der Waals surface area contributed by atoms with Gasteiger partial charge in [-0.3, -0.25) is 4.79 Å². The Balaban J connectivity index is 1.88. The summed E-state index contributed by atoms with van der Waals surface area (Å²) in [7, 11) is 0. The molecule has 1 heterocycles. The number of ether oxygens (including phenoxy) is 1. The zero-order valence-corrected chi connectivity index (χ0v) is 13.7. The Morgan fingerprint density at radius 3 is 2.70 bits per heavy atom. The van der Waals surface area contributed by atoms with Crippen molar-refractivity contribution in [2.75, 3.05) is 11.9 Å². The molecular weight excluding hydrogens is 286 g/mol. The van der Waals surface area contributed by atoms with Gasteiger partial charge < -0.3 is 10.1 Å². The van der Waals surface area contributed by atoms with Crippen LogP contribution in [0.15, 0.2) is 48.0 Å². The molecule has 1 aliphatic rings. The normalized spacial score (nSPS) is 13.1. The van der Waals surface area contributed by atoms with Crippen LogP contribution in [0, 0.1) is 6.92 Å². The van der Waals surface area contributed by atoms with E-state index >= 15 is 0 Å². The first-order chi connectivity index (χ1) is 11.1. The highest BCUT2D eigenvalue weighted by Crippen LogP contribution is 2.29. The minimum Gasteiger partial charge on any atom is -0.488 e. The predicted octanol–water partition coefficient (Wildman–Crippen LogP) is 4.53. The van der Waals surface area contributed by atoms with Gasteiger partial charge in [0.25, 0.3) is 5.91 Å². The number of nitrogens with one attached hydrogen (secondary N) is 1. The molecule has 0 radical (unpaired) electrons. The average Bonchev–Trinajstić information content (AvgIpc) is 2.56. The van der Waals surface area contributed by atoms with Crippen LogP contribution in [0.1, 0.15) is 36.5 Å². The minimum absolute atomic E-state index is 0.101. The highest BCUT2D eigenvalue weighted by Gasteiger charge is 2.19. The quantitative estimate of drug-likeness (QED) is 0.904. The average molecular weight is 307 g/mol. The summed E-state index contributed by atoms with van der Waals surface area (Å²) >= 11 is 0. The number of para-hydroxylation sites is 2. The number of carbonyl (C=O) groups is 1. The zero-order chi connectivity index (χ0) is 16.4. The first kappa shape index (κ1) is 15.3. The molecule has 0 saturated carbocycles. The van der Waals surface area contributed by atoms with Crippen LogP contribution in [0.4, 0.5) is 5.69 Å². The van der Waals surface area contributed by atoms with Gasteiger partial charge in [0.15, 0.2) is 0 Å². The Morgan fingerprint density at radius 1 is 1.13 bits per heavy atom. The van der Waals surface area contributed by atoms with Gasteiger partial charge in [0.2, 0.25) is 0 Å². The summed E-state index contributed by atoms with van der Waals surface area (Å²) in [6.45, 7) is 6.57. The van der Waals surface area contributed by atoms with Crippen molar-refractivity contribution in [3.63, 3.8) is 0 Å². The summed E-state index contributed by atoms with van der Waals surface area (Å²) in [5.74, 6) is 1.07. The fraction of sp³-hybridized carbons (Fsp3) is 0.250. The van der Waals surface area contributed by atoms with E-state index in [2.05, 4.69) is 25.2 Å². The Kier molecular flexibility index (Phi) is 4.20. The lowest BCUT2D eigenvalue weighted by Gasteiger charge is -2.20.